The van der Waals surface area contributed by atoms with Crippen LogP contribution in [0.3, 0.4) is 0 Å². The lowest BCUT2D eigenvalue weighted by Gasteiger charge is -2.45. The van der Waals surface area contributed by atoms with E-state index in [1.54, 1.807) is 6.33 Å². The molecular weight excluding hydrogens is 504 g/mol. The van der Waals surface area contributed by atoms with Gasteiger partial charge in [0.1, 0.15) is 12.1 Å². The fourth-order valence-electron chi connectivity index (χ4n) is 6.51. The standard InChI is InChI=1S/C30H40N8O2/c1-18(2)27-28(23-15-37-30(31-17-32-37)22(6)21(23)5)33-24-7-8-25(34-29(24)27)36-13-19(3)38(20(4)14-36)26(39)16-35-9-11-40-12-10-35/h7-8,15,17-20,33H,9-14,16H2,1-6H3/t19-,20-/m1/s1. The number of ether oxygens (including phenoxy) is 1. The van der Waals surface area contributed by atoms with Crippen molar-refractivity contribution in [2.75, 3.05) is 50.8 Å². The molecule has 0 bridgehead atoms. The number of aromatic nitrogens is 5. The maximum atomic E-state index is 13.3. The molecule has 0 aliphatic carbocycles. The van der Waals surface area contributed by atoms with Crippen LogP contribution < -0.4 is 4.90 Å². The molecule has 4 aromatic rings. The van der Waals surface area contributed by atoms with Gasteiger partial charge >= 0.3 is 0 Å². The number of aryl methyl sites for hydroxylation is 1. The van der Waals surface area contributed by atoms with Gasteiger partial charge in [-0.2, -0.15) is 5.10 Å². The third-order valence-electron chi connectivity index (χ3n) is 8.63. The molecule has 212 valence electrons. The highest BCUT2D eigenvalue weighted by molar-refractivity contribution is 5.90. The minimum absolute atomic E-state index is 0.0983. The number of morpholine rings is 1. The Hall–Kier alpha value is -3.50. The lowest BCUT2D eigenvalue weighted by Crippen LogP contribution is -2.60. The minimum atomic E-state index is 0.0983. The van der Waals surface area contributed by atoms with Crippen LogP contribution in [0.15, 0.2) is 24.7 Å². The minimum Gasteiger partial charge on any atom is -0.379 e. The van der Waals surface area contributed by atoms with Crippen molar-refractivity contribution in [2.24, 2.45) is 0 Å². The van der Waals surface area contributed by atoms with Gasteiger partial charge in [-0.15, -0.1) is 0 Å². The maximum Gasteiger partial charge on any atom is 0.237 e. The monoisotopic (exact) mass is 544 g/mol. The highest BCUT2D eigenvalue weighted by Gasteiger charge is 2.34. The Morgan fingerprint density at radius 1 is 1.10 bits per heavy atom. The zero-order valence-corrected chi connectivity index (χ0v) is 24.4. The molecule has 0 spiro atoms. The second-order valence-electron chi connectivity index (χ2n) is 11.7. The van der Waals surface area contributed by atoms with Crippen molar-refractivity contribution in [3.63, 3.8) is 0 Å². The Labute approximate surface area is 235 Å². The molecule has 2 fully saturated rings. The van der Waals surface area contributed by atoms with Crippen LogP contribution in [0.4, 0.5) is 5.82 Å². The van der Waals surface area contributed by atoms with E-state index in [9.17, 15) is 4.79 Å². The predicted molar refractivity (Wildman–Crippen MR) is 157 cm³/mol. The number of hydrogen-bond donors (Lipinski definition) is 1. The second-order valence-corrected chi connectivity index (χ2v) is 11.7. The van der Waals surface area contributed by atoms with E-state index in [0.29, 0.717) is 19.8 Å². The number of anilines is 1. The van der Waals surface area contributed by atoms with Crippen LogP contribution in [0.2, 0.25) is 0 Å². The summed E-state index contributed by atoms with van der Waals surface area (Å²) in [5.74, 6) is 1.43. The van der Waals surface area contributed by atoms with Crippen molar-refractivity contribution in [1.82, 2.24) is 34.4 Å². The van der Waals surface area contributed by atoms with Crippen molar-refractivity contribution in [2.45, 2.75) is 59.5 Å². The van der Waals surface area contributed by atoms with E-state index in [-0.39, 0.29) is 23.9 Å². The van der Waals surface area contributed by atoms with Crippen molar-refractivity contribution < 1.29 is 9.53 Å². The average Bonchev–Trinajstić information content (AvgIpc) is 3.55. The first-order valence-electron chi connectivity index (χ1n) is 14.4. The van der Waals surface area contributed by atoms with Crippen LogP contribution in [-0.4, -0.2) is 98.3 Å². The molecule has 6 heterocycles. The molecule has 2 aliphatic heterocycles. The Morgan fingerprint density at radius 2 is 1.82 bits per heavy atom. The Bertz CT molecular complexity index is 1540. The van der Waals surface area contributed by atoms with Gasteiger partial charge in [-0.1, -0.05) is 13.8 Å². The molecule has 10 heteroatoms. The summed E-state index contributed by atoms with van der Waals surface area (Å²) >= 11 is 0. The number of aromatic amines is 1. The molecule has 2 aliphatic rings. The zero-order valence-electron chi connectivity index (χ0n) is 24.4. The molecular formula is C30H40N8O2. The van der Waals surface area contributed by atoms with E-state index in [1.165, 1.54) is 11.1 Å². The van der Waals surface area contributed by atoms with Crippen LogP contribution in [0, 0.1) is 13.8 Å². The van der Waals surface area contributed by atoms with Gasteiger partial charge in [0.05, 0.1) is 36.5 Å². The summed E-state index contributed by atoms with van der Waals surface area (Å²) in [7, 11) is 0. The number of H-pyrrole nitrogens is 1. The molecule has 0 aromatic carbocycles. The molecule has 4 aromatic heterocycles. The third-order valence-corrected chi connectivity index (χ3v) is 8.63. The third kappa shape index (κ3) is 4.62. The smallest absolute Gasteiger partial charge is 0.237 e. The number of amides is 1. The van der Waals surface area contributed by atoms with Crippen molar-refractivity contribution >= 4 is 28.4 Å². The van der Waals surface area contributed by atoms with Crippen LogP contribution in [0.5, 0.6) is 0 Å². The van der Waals surface area contributed by atoms with Gasteiger partial charge in [0, 0.05) is 55.6 Å². The Balaban J connectivity index is 1.30. The fraction of sp³-hybridized carbons (Fsp3) is 0.533. The highest BCUT2D eigenvalue weighted by atomic mass is 16.5. The summed E-state index contributed by atoms with van der Waals surface area (Å²) in [6.45, 7) is 18.0. The zero-order chi connectivity index (χ0) is 28.1. The predicted octanol–water partition coefficient (Wildman–Crippen LogP) is 3.77. The van der Waals surface area contributed by atoms with Gasteiger partial charge in [0.25, 0.3) is 0 Å². The van der Waals surface area contributed by atoms with Crippen molar-refractivity contribution in [1.29, 1.82) is 0 Å². The van der Waals surface area contributed by atoms with Crippen LogP contribution in [0.1, 0.15) is 50.3 Å². The van der Waals surface area contributed by atoms with E-state index in [2.05, 4.69) is 89.6 Å². The second kappa shape index (κ2) is 10.5. The van der Waals surface area contributed by atoms with Gasteiger partial charge in [0.15, 0.2) is 5.65 Å². The fourth-order valence-corrected chi connectivity index (χ4v) is 6.51. The molecule has 1 amide bonds. The van der Waals surface area contributed by atoms with Gasteiger partial charge in [-0.3, -0.25) is 9.69 Å². The van der Waals surface area contributed by atoms with E-state index < -0.39 is 0 Å². The normalized spacial score (nSPS) is 20.8. The maximum absolute atomic E-state index is 13.3. The van der Waals surface area contributed by atoms with Crippen LogP contribution >= 0.6 is 0 Å². The lowest BCUT2D eigenvalue weighted by molar-refractivity contribution is -0.138. The summed E-state index contributed by atoms with van der Waals surface area (Å²) < 4.78 is 7.30. The van der Waals surface area contributed by atoms with E-state index in [4.69, 9.17) is 9.72 Å². The van der Waals surface area contributed by atoms with Crippen LogP contribution in [0.25, 0.3) is 27.9 Å². The number of hydrogen-bond acceptors (Lipinski definition) is 7. The summed E-state index contributed by atoms with van der Waals surface area (Å²) in [6, 6.07) is 4.45. The summed E-state index contributed by atoms with van der Waals surface area (Å²) in [5, 5.41) is 4.41. The van der Waals surface area contributed by atoms with Gasteiger partial charge in [-0.25, -0.2) is 14.5 Å². The number of nitrogens with one attached hydrogen (secondary N) is 1. The first kappa shape index (κ1) is 26.7. The topological polar surface area (TPSA) is 94.9 Å². The van der Waals surface area contributed by atoms with Crippen LogP contribution in [-0.2, 0) is 9.53 Å². The quantitative estimate of drug-likeness (QED) is 0.409. The Morgan fingerprint density at radius 3 is 2.52 bits per heavy atom. The van der Waals surface area contributed by atoms with Gasteiger partial charge < -0.3 is 19.5 Å². The molecule has 10 nitrogen and oxygen atoms in total. The molecule has 2 atom stereocenters. The molecule has 6 rings (SSSR count). The SMILES string of the molecule is Cc1c(-c2[nH]c3ccc(N4C[C@@H](C)N(C(=O)CN5CCOCC5)[C@H](C)C4)nc3c2C(C)C)cn2ncnc2c1C. The molecule has 1 N–H and O–H groups in total. The number of rotatable bonds is 5. The number of nitrogens with zero attached hydrogens (tertiary/aromatic N) is 7. The highest BCUT2D eigenvalue weighted by Crippen LogP contribution is 2.38. The first-order valence-corrected chi connectivity index (χ1v) is 14.4. The number of fused-ring (bicyclic) bond motifs is 2. The number of carbonyl (C=O) groups is 1. The number of pyridine rings is 2. The van der Waals surface area contributed by atoms with Crippen molar-refractivity contribution in [3.05, 3.63) is 41.3 Å². The van der Waals surface area contributed by atoms with E-state index in [0.717, 1.165) is 65.5 Å². The molecule has 0 radical (unpaired) electrons. The average molecular weight is 545 g/mol. The van der Waals surface area contributed by atoms with E-state index >= 15 is 0 Å². The van der Waals surface area contributed by atoms with Gasteiger partial charge in [0.2, 0.25) is 5.91 Å². The summed E-state index contributed by atoms with van der Waals surface area (Å²) in [5.41, 5.74) is 8.65. The number of carbonyl (C=O) groups excluding carboxylic acids is 1. The largest absolute Gasteiger partial charge is 0.379 e. The lowest BCUT2D eigenvalue weighted by atomic mass is 9.95. The first-order chi connectivity index (χ1) is 19.2. The van der Waals surface area contributed by atoms with Crippen molar-refractivity contribution in [3.8, 4) is 11.3 Å². The Kier molecular flexibility index (Phi) is 7.00. The molecule has 0 unspecified atom stereocenters. The summed E-state index contributed by atoms with van der Waals surface area (Å²) in [4.78, 5) is 33.2. The van der Waals surface area contributed by atoms with E-state index in [1.807, 2.05) is 4.52 Å². The van der Waals surface area contributed by atoms with Gasteiger partial charge in [-0.05, 0) is 56.9 Å². The molecule has 40 heavy (non-hydrogen) atoms. The number of piperazine rings is 1. The summed E-state index contributed by atoms with van der Waals surface area (Å²) in [6.07, 6.45) is 3.67. The molecule has 2 saturated heterocycles. The molecule has 0 saturated carbocycles.